The Hall–Kier alpha value is -2.71. The molecule has 0 unspecified atom stereocenters. The van der Waals surface area contributed by atoms with E-state index < -0.39 is 0 Å². The molecule has 2 heterocycles. The average Bonchev–Trinajstić information content (AvgIpc) is 2.98. The number of carbonyl (C=O) groups excluding carboxylic acids is 1. The molecule has 118 valence electrons. The molecule has 5 heteroatoms. The second kappa shape index (κ2) is 6.06. The Bertz CT molecular complexity index is 979. The number of para-hydroxylation sites is 1. The molecule has 0 aliphatic heterocycles. The van der Waals surface area contributed by atoms with E-state index in [4.69, 9.17) is 0 Å². The number of thiophene rings is 1. The number of hydrogen-bond acceptors (Lipinski definition) is 4. The van der Waals surface area contributed by atoms with Gasteiger partial charge in [0.25, 0.3) is 5.91 Å². The average molecular weight is 333 g/mol. The number of hydrogen-bond donors (Lipinski definition) is 1. The Morgan fingerprint density at radius 3 is 2.92 bits per heavy atom. The van der Waals surface area contributed by atoms with Crippen molar-refractivity contribution in [3.63, 3.8) is 0 Å². The minimum atomic E-state index is -0.191. The number of aryl methyl sites for hydroxylation is 1. The number of aromatic nitrogens is 1. The lowest BCUT2D eigenvalue weighted by atomic mass is 9.96. The molecule has 1 amide bonds. The largest absolute Gasteiger partial charge is 0.312 e. The number of carbonyl (C=O) groups is 1. The van der Waals surface area contributed by atoms with E-state index in [1.807, 2.05) is 24.3 Å². The minimum absolute atomic E-state index is 0.191. The number of amides is 1. The number of fused-ring (bicyclic) bond motifs is 2. The Labute approximate surface area is 143 Å². The number of nitrogens with one attached hydrogen (secondary N) is 1. The van der Waals surface area contributed by atoms with Crippen molar-refractivity contribution in [2.75, 3.05) is 5.32 Å². The van der Waals surface area contributed by atoms with Crippen LogP contribution in [0.1, 0.15) is 39.2 Å². The molecule has 0 bridgehead atoms. The molecule has 0 spiro atoms. The maximum absolute atomic E-state index is 12.8. The summed E-state index contributed by atoms with van der Waals surface area (Å²) in [5.41, 5.74) is 3.14. The van der Waals surface area contributed by atoms with Crippen LogP contribution in [-0.2, 0) is 12.8 Å². The zero-order chi connectivity index (χ0) is 16.5. The highest BCUT2D eigenvalue weighted by Crippen LogP contribution is 2.37. The summed E-state index contributed by atoms with van der Waals surface area (Å²) >= 11 is 1.54. The highest BCUT2D eigenvalue weighted by atomic mass is 32.1. The third-order valence-electron chi connectivity index (χ3n) is 4.40. The van der Waals surface area contributed by atoms with E-state index in [1.54, 1.807) is 23.6 Å². The Morgan fingerprint density at radius 1 is 1.21 bits per heavy atom. The fourth-order valence-electron chi connectivity index (χ4n) is 3.24. The molecule has 0 radical (unpaired) electrons. The second-order valence-electron chi connectivity index (χ2n) is 5.86. The van der Waals surface area contributed by atoms with E-state index in [9.17, 15) is 10.1 Å². The first-order valence-corrected chi connectivity index (χ1v) is 8.79. The molecule has 4 rings (SSSR count). The van der Waals surface area contributed by atoms with Gasteiger partial charge in [-0.3, -0.25) is 9.78 Å². The van der Waals surface area contributed by atoms with Crippen LogP contribution in [-0.4, -0.2) is 10.9 Å². The van der Waals surface area contributed by atoms with Gasteiger partial charge in [0.05, 0.1) is 16.6 Å². The summed E-state index contributed by atoms with van der Waals surface area (Å²) < 4.78 is 0. The quantitative estimate of drug-likeness (QED) is 0.760. The van der Waals surface area contributed by atoms with Crippen molar-refractivity contribution in [1.29, 1.82) is 5.26 Å². The van der Waals surface area contributed by atoms with Gasteiger partial charge in [0.2, 0.25) is 0 Å². The molecule has 1 aromatic carbocycles. The van der Waals surface area contributed by atoms with E-state index in [2.05, 4.69) is 16.4 Å². The number of anilines is 1. The molecule has 0 saturated carbocycles. The van der Waals surface area contributed by atoms with Crippen molar-refractivity contribution in [2.45, 2.75) is 25.7 Å². The zero-order valence-electron chi connectivity index (χ0n) is 13.0. The summed E-state index contributed by atoms with van der Waals surface area (Å²) in [5.74, 6) is -0.191. The zero-order valence-corrected chi connectivity index (χ0v) is 13.8. The van der Waals surface area contributed by atoms with Crippen molar-refractivity contribution in [2.24, 2.45) is 0 Å². The predicted molar refractivity (Wildman–Crippen MR) is 95.4 cm³/mol. The van der Waals surface area contributed by atoms with Gasteiger partial charge in [0.15, 0.2) is 0 Å². The molecule has 1 N–H and O–H groups in total. The summed E-state index contributed by atoms with van der Waals surface area (Å²) in [6.07, 6.45) is 5.84. The lowest BCUT2D eigenvalue weighted by Crippen LogP contribution is -2.12. The Kier molecular flexibility index (Phi) is 3.75. The lowest BCUT2D eigenvalue weighted by Gasteiger charge is -2.09. The first kappa shape index (κ1) is 14.9. The van der Waals surface area contributed by atoms with Crippen LogP contribution in [0.25, 0.3) is 10.9 Å². The standard InChI is InChI=1S/C19H15N3OS/c20-11-15-13-6-2-4-8-17(13)24-19(15)22-18(23)14-9-10-21-16-7-3-1-5-12(14)16/h1,3,5,7,9-10H,2,4,6,8H2,(H,22,23). The van der Waals surface area contributed by atoms with Crippen LogP contribution in [0.4, 0.5) is 5.00 Å². The normalized spacial score (nSPS) is 13.3. The van der Waals surface area contributed by atoms with Gasteiger partial charge >= 0.3 is 0 Å². The van der Waals surface area contributed by atoms with Crippen LogP contribution >= 0.6 is 11.3 Å². The van der Waals surface area contributed by atoms with Gasteiger partial charge in [-0.05, 0) is 43.4 Å². The molecule has 1 aliphatic rings. The van der Waals surface area contributed by atoms with Crippen LogP contribution in [0.15, 0.2) is 36.5 Å². The van der Waals surface area contributed by atoms with Gasteiger partial charge in [-0.2, -0.15) is 5.26 Å². The molecule has 0 saturated heterocycles. The van der Waals surface area contributed by atoms with Crippen LogP contribution in [0.2, 0.25) is 0 Å². The first-order valence-electron chi connectivity index (χ1n) is 7.97. The maximum atomic E-state index is 12.8. The third kappa shape index (κ3) is 2.45. The molecule has 0 fully saturated rings. The summed E-state index contributed by atoms with van der Waals surface area (Å²) in [6, 6.07) is 11.6. The van der Waals surface area contributed by atoms with Crippen molar-refractivity contribution >= 4 is 33.1 Å². The molecule has 4 nitrogen and oxygen atoms in total. The Balaban J connectivity index is 1.72. The fraction of sp³-hybridized carbons (Fsp3) is 0.211. The van der Waals surface area contributed by atoms with Crippen LogP contribution in [0, 0.1) is 11.3 Å². The number of nitrogens with zero attached hydrogens (tertiary/aromatic N) is 2. The van der Waals surface area contributed by atoms with Gasteiger partial charge in [0, 0.05) is 16.5 Å². The van der Waals surface area contributed by atoms with Crippen molar-refractivity contribution < 1.29 is 4.79 Å². The molecule has 2 aromatic heterocycles. The molecule has 0 atom stereocenters. The van der Waals surface area contributed by atoms with Gasteiger partial charge in [-0.15, -0.1) is 11.3 Å². The molecule has 24 heavy (non-hydrogen) atoms. The summed E-state index contributed by atoms with van der Waals surface area (Å²) in [7, 11) is 0. The highest BCUT2D eigenvalue weighted by molar-refractivity contribution is 7.16. The maximum Gasteiger partial charge on any atom is 0.257 e. The van der Waals surface area contributed by atoms with E-state index in [0.29, 0.717) is 16.1 Å². The van der Waals surface area contributed by atoms with E-state index in [-0.39, 0.29) is 5.91 Å². The summed E-state index contributed by atoms with van der Waals surface area (Å²) in [6.45, 7) is 0. The van der Waals surface area contributed by atoms with E-state index in [1.165, 1.54) is 4.88 Å². The van der Waals surface area contributed by atoms with Gasteiger partial charge < -0.3 is 5.32 Å². The van der Waals surface area contributed by atoms with Crippen molar-refractivity contribution in [1.82, 2.24) is 4.98 Å². The molecular weight excluding hydrogens is 318 g/mol. The van der Waals surface area contributed by atoms with Crippen LogP contribution in [0.3, 0.4) is 0 Å². The molecular formula is C19H15N3OS. The molecule has 1 aliphatic carbocycles. The van der Waals surface area contributed by atoms with Gasteiger partial charge in [-0.1, -0.05) is 18.2 Å². The number of pyridine rings is 1. The highest BCUT2D eigenvalue weighted by Gasteiger charge is 2.22. The Morgan fingerprint density at radius 2 is 2.04 bits per heavy atom. The third-order valence-corrected chi connectivity index (χ3v) is 5.61. The van der Waals surface area contributed by atoms with Crippen molar-refractivity contribution in [3.05, 3.63) is 58.1 Å². The van der Waals surface area contributed by atoms with E-state index in [0.717, 1.165) is 42.1 Å². The SMILES string of the molecule is N#Cc1c(NC(=O)c2ccnc3ccccc23)sc2c1CCCC2. The number of rotatable bonds is 2. The van der Waals surface area contributed by atoms with Crippen LogP contribution < -0.4 is 5.32 Å². The topological polar surface area (TPSA) is 65.8 Å². The molecule has 3 aromatic rings. The predicted octanol–water partition coefficient (Wildman–Crippen LogP) is 4.30. The number of benzene rings is 1. The number of nitriles is 1. The smallest absolute Gasteiger partial charge is 0.257 e. The second-order valence-corrected chi connectivity index (χ2v) is 6.96. The summed E-state index contributed by atoms with van der Waals surface area (Å²) in [5, 5.41) is 14.0. The van der Waals surface area contributed by atoms with Gasteiger partial charge in [0.1, 0.15) is 11.1 Å². The summed E-state index contributed by atoms with van der Waals surface area (Å²) in [4.78, 5) is 18.3. The first-order chi connectivity index (χ1) is 11.8. The van der Waals surface area contributed by atoms with Crippen LogP contribution in [0.5, 0.6) is 0 Å². The van der Waals surface area contributed by atoms with Crippen molar-refractivity contribution in [3.8, 4) is 6.07 Å². The fourth-order valence-corrected chi connectivity index (χ4v) is 4.47. The minimum Gasteiger partial charge on any atom is -0.312 e. The monoisotopic (exact) mass is 333 g/mol. The van der Waals surface area contributed by atoms with Gasteiger partial charge in [-0.25, -0.2) is 0 Å². The van der Waals surface area contributed by atoms with E-state index >= 15 is 0 Å². The lowest BCUT2D eigenvalue weighted by molar-refractivity contribution is 0.102.